The molecule has 0 N–H and O–H groups in total. The summed E-state index contributed by atoms with van der Waals surface area (Å²) >= 11 is 18.0. The third kappa shape index (κ3) is 4.20. The summed E-state index contributed by atoms with van der Waals surface area (Å²) in [6.45, 7) is 0.555. The van der Waals surface area contributed by atoms with E-state index in [-0.39, 0.29) is 5.38 Å². The molecule has 0 spiro atoms. The van der Waals surface area contributed by atoms with Crippen molar-refractivity contribution in [2.45, 2.75) is 18.2 Å². The minimum absolute atomic E-state index is 0.0186. The van der Waals surface area contributed by atoms with Crippen LogP contribution in [0.5, 0.6) is 0 Å². The van der Waals surface area contributed by atoms with E-state index in [2.05, 4.69) is 0 Å². The van der Waals surface area contributed by atoms with Gasteiger partial charge < -0.3 is 4.74 Å². The zero-order valence-electron chi connectivity index (χ0n) is 8.47. The van der Waals surface area contributed by atoms with E-state index in [9.17, 15) is 0 Å². The van der Waals surface area contributed by atoms with Gasteiger partial charge in [0.05, 0.1) is 22.0 Å². The molecule has 1 atom stereocenters. The van der Waals surface area contributed by atoms with Gasteiger partial charge in [-0.3, -0.25) is 0 Å². The summed E-state index contributed by atoms with van der Waals surface area (Å²) in [5.41, 5.74) is 1.03. The number of hydrogen-bond donors (Lipinski definition) is 0. The fourth-order valence-corrected chi connectivity index (χ4v) is 1.97. The molecule has 0 aliphatic heterocycles. The minimum Gasteiger partial charge on any atom is -0.383 e. The summed E-state index contributed by atoms with van der Waals surface area (Å²) in [5, 5.41) is 1.23. The molecule has 1 nitrogen and oxygen atoms in total. The third-order valence-corrected chi connectivity index (χ3v) is 3.31. The van der Waals surface area contributed by atoms with Gasteiger partial charge in [0.15, 0.2) is 0 Å². The second-order valence-corrected chi connectivity index (χ2v) is 4.71. The summed E-state index contributed by atoms with van der Waals surface area (Å²) in [4.78, 5) is 0. The van der Waals surface area contributed by atoms with Crippen LogP contribution >= 0.6 is 34.8 Å². The Balaban J connectivity index is 2.54. The molecular formula is C11H13Cl3O. The van der Waals surface area contributed by atoms with Crippen LogP contribution in [0.1, 0.15) is 12.0 Å². The molecular weight excluding hydrogens is 254 g/mol. The van der Waals surface area contributed by atoms with Gasteiger partial charge in [0.2, 0.25) is 0 Å². The Kier molecular flexibility index (Phi) is 5.77. The molecule has 84 valence electrons. The van der Waals surface area contributed by atoms with E-state index in [1.165, 1.54) is 0 Å². The molecule has 0 heterocycles. The Bertz CT molecular complexity index is 315. The maximum Gasteiger partial charge on any atom is 0.0626 e. The number of alkyl halides is 1. The van der Waals surface area contributed by atoms with Crippen LogP contribution in [0.2, 0.25) is 10.0 Å². The smallest absolute Gasteiger partial charge is 0.0626 e. The van der Waals surface area contributed by atoms with Gasteiger partial charge in [0, 0.05) is 7.11 Å². The molecule has 0 fully saturated rings. The fourth-order valence-electron chi connectivity index (χ4n) is 1.32. The lowest BCUT2D eigenvalue weighted by Gasteiger charge is -2.09. The van der Waals surface area contributed by atoms with Crippen molar-refractivity contribution >= 4 is 34.8 Å². The Hall–Kier alpha value is 0.0500. The Morgan fingerprint density at radius 3 is 2.73 bits per heavy atom. The van der Waals surface area contributed by atoms with Crippen molar-refractivity contribution in [1.82, 2.24) is 0 Å². The van der Waals surface area contributed by atoms with Crippen LogP contribution in [-0.2, 0) is 11.2 Å². The van der Waals surface area contributed by atoms with Gasteiger partial charge in [-0.1, -0.05) is 35.3 Å². The van der Waals surface area contributed by atoms with E-state index >= 15 is 0 Å². The SMILES string of the molecule is COCC(Cl)CCc1cccc(Cl)c1Cl. The van der Waals surface area contributed by atoms with E-state index in [1.807, 2.05) is 12.1 Å². The topological polar surface area (TPSA) is 9.23 Å². The van der Waals surface area contributed by atoms with Crippen LogP contribution in [0.15, 0.2) is 18.2 Å². The molecule has 4 heteroatoms. The number of aryl methyl sites for hydroxylation is 1. The van der Waals surface area contributed by atoms with Crippen molar-refractivity contribution in [3.8, 4) is 0 Å². The molecule has 1 aromatic carbocycles. The fraction of sp³-hybridized carbons (Fsp3) is 0.455. The lowest BCUT2D eigenvalue weighted by atomic mass is 10.1. The van der Waals surface area contributed by atoms with Crippen molar-refractivity contribution in [3.63, 3.8) is 0 Å². The zero-order chi connectivity index (χ0) is 11.3. The molecule has 0 saturated carbocycles. The standard InChI is InChI=1S/C11H13Cl3O/c1-15-7-9(12)6-5-8-3-2-4-10(13)11(8)14/h2-4,9H,5-7H2,1H3. The molecule has 1 unspecified atom stereocenters. The van der Waals surface area contributed by atoms with E-state index in [1.54, 1.807) is 13.2 Å². The second-order valence-electron chi connectivity index (χ2n) is 3.30. The minimum atomic E-state index is 0.0186. The van der Waals surface area contributed by atoms with Gasteiger partial charge >= 0.3 is 0 Å². The average molecular weight is 268 g/mol. The van der Waals surface area contributed by atoms with E-state index < -0.39 is 0 Å². The van der Waals surface area contributed by atoms with Crippen molar-refractivity contribution in [1.29, 1.82) is 0 Å². The predicted molar refractivity (Wildman–Crippen MR) is 66.3 cm³/mol. The molecule has 0 aliphatic rings. The molecule has 0 aromatic heterocycles. The number of methoxy groups -OCH3 is 1. The van der Waals surface area contributed by atoms with E-state index in [0.717, 1.165) is 18.4 Å². The van der Waals surface area contributed by atoms with Gasteiger partial charge in [-0.2, -0.15) is 0 Å². The van der Waals surface area contributed by atoms with Gasteiger partial charge in [-0.15, -0.1) is 11.6 Å². The molecule has 0 radical (unpaired) electrons. The number of hydrogen-bond acceptors (Lipinski definition) is 1. The summed E-state index contributed by atoms with van der Waals surface area (Å²) in [6, 6.07) is 5.63. The average Bonchev–Trinajstić information content (AvgIpc) is 2.21. The highest BCUT2D eigenvalue weighted by Crippen LogP contribution is 2.26. The van der Waals surface area contributed by atoms with E-state index in [0.29, 0.717) is 16.7 Å². The third-order valence-electron chi connectivity index (χ3n) is 2.11. The zero-order valence-corrected chi connectivity index (χ0v) is 10.7. The van der Waals surface area contributed by atoms with Crippen LogP contribution in [-0.4, -0.2) is 19.1 Å². The molecule has 1 aromatic rings. The first-order valence-corrected chi connectivity index (χ1v) is 5.90. The van der Waals surface area contributed by atoms with Crippen LogP contribution in [0, 0.1) is 0 Å². The Morgan fingerprint density at radius 2 is 2.07 bits per heavy atom. The number of ether oxygens (including phenoxy) is 1. The number of benzene rings is 1. The molecule has 0 aliphatic carbocycles. The first-order valence-electron chi connectivity index (χ1n) is 4.71. The van der Waals surface area contributed by atoms with Crippen molar-refractivity contribution in [3.05, 3.63) is 33.8 Å². The summed E-state index contributed by atoms with van der Waals surface area (Å²) in [7, 11) is 1.64. The van der Waals surface area contributed by atoms with Crippen molar-refractivity contribution in [2.75, 3.05) is 13.7 Å². The van der Waals surface area contributed by atoms with Crippen LogP contribution < -0.4 is 0 Å². The van der Waals surface area contributed by atoms with Gasteiger partial charge in [-0.25, -0.2) is 0 Å². The monoisotopic (exact) mass is 266 g/mol. The van der Waals surface area contributed by atoms with Gasteiger partial charge in [0.1, 0.15) is 0 Å². The first-order chi connectivity index (χ1) is 7.15. The van der Waals surface area contributed by atoms with Crippen LogP contribution in [0.25, 0.3) is 0 Å². The highest BCUT2D eigenvalue weighted by Gasteiger charge is 2.08. The first kappa shape index (κ1) is 13.1. The maximum atomic E-state index is 6.05. The molecule has 0 bridgehead atoms. The highest BCUT2D eigenvalue weighted by molar-refractivity contribution is 6.42. The maximum absolute atomic E-state index is 6.05. The quantitative estimate of drug-likeness (QED) is 0.727. The van der Waals surface area contributed by atoms with Crippen molar-refractivity contribution in [2.24, 2.45) is 0 Å². The predicted octanol–water partition coefficient (Wildman–Crippen LogP) is 4.18. The highest BCUT2D eigenvalue weighted by atomic mass is 35.5. The Labute approximate surface area is 105 Å². The lowest BCUT2D eigenvalue weighted by molar-refractivity contribution is 0.195. The lowest BCUT2D eigenvalue weighted by Crippen LogP contribution is -2.08. The summed E-state index contributed by atoms with van der Waals surface area (Å²) in [5.74, 6) is 0. The van der Waals surface area contributed by atoms with Crippen molar-refractivity contribution < 1.29 is 4.74 Å². The summed E-state index contributed by atoms with van der Waals surface area (Å²) in [6.07, 6.45) is 1.65. The van der Waals surface area contributed by atoms with Crippen LogP contribution in [0.3, 0.4) is 0 Å². The molecule has 15 heavy (non-hydrogen) atoms. The Morgan fingerprint density at radius 1 is 1.33 bits per heavy atom. The second kappa shape index (κ2) is 6.59. The molecule has 0 amide bonds. The molecule has 1 rings (SSSR count). The van der Waals surface area contributed by atoms with Gasteiger partial charge in [0.25, 0.3) is 0 Å². The van der Waals surface area contributed by atoms with E-state index in [4.69, 9.17) is 39.5 Å². The largest absolute Gasteiger partial charge is 0.383 e. The summed E-state index contributed by atoms with van der Waals surface area (Å²) < 4.78 is 4.96. The van der Waals surface area contributed by atoms with Gasteiger partial charge in [-0.05, 0) is 24.5 Å². The normalized spacial score (nSPS) is 12.8. The van der Waals surface area contributed by atoms with Crippen LogP contribution in [0.4, 0.5) is 0 Å². The number of halogens is 3. The molecule has 0 saturated heterocycles. The number of rotatable bonds is 5.